The average molecular weight is 331 g/mol. The van der Waals surface area contributed by atoms with Gasteiger partial charge in [-0.2, -0.15) is 0 Å². The number of ether oxygens (including phenoxy) is 2. The quantitative estimate of drug-likeness (QED) is 0.847. The molecular formula is C19H29N3O2. The van der Waals surface area contributed by atoms with Crippen LogP contribution in [0.15, 0.2) is 18.3 Å². The molecule has 0 amide bonds. The van der Waals surface area contributed by atoms with Crippen molar-refractivity contribution in [3.05, 3.63) is 23.9 Å². The van der Waals surface area contributed by atoms with E-state index in [1.807, 2.05) is 7.11 Å². The number of hydrogen-bond acceptors (Lipinski definition) is 5. The van der Waals surface area contributed by atoms with Gasteiger partial charge in [0, 0.05) is 45.5 Å². The predicted octanol–water partition coefficient (Wildman–Crippen LogP) is 2.45. The second kappa shape index (κ2) is 7.38. The van der Waals surface area contributed by atoms with Crippen molar-refractivity contribution in [2.24, 2.45) is 0 Å². The summed E-state index contributed by atoms with van der Waals surface area (Å²) in [6.45, 7) is 5.12. The molecule has 2 saturated heterocycles. The number of pyridine rings is 1. The van der Waals surface area contributed by atoms with Crippen molar-refractivity contribution in [3.63, 3.8) is 0 Å². The maximum Gasteiger partial charge on any atom is 0.128 e. The van der Waals surface area contributed by atoms with Crippen LogP contribution < -0.4 is 4.90 Å². The molecule has 3 atom stereocenters. The molecule has 0 N–H and O–H groups in total. The van der Waals surface area contributed by atoms with Crippen LogP contribution in [0.1, 0.15) is 37.7 Å². The Balaban J connectivity index is 1.41. The molecule has 0 radical (unpaired) electrons. The van der Waals surface area contributed by atoms with E-state index in [1.54, 1.807) is 0 Å². The number of anilines is 1. The molecular weight excluding hydrogens is 302 g/mol. The maximum absolute atomic E-state index is 6.01. The lowest BCUT2D eigenvalue weighted by molar-refractivity contribution is -0.116. The van der Waals surface area contributed by atoms with Gasteiger partial charge >= 0.3 is 0 Å². The normalized spacial score (nSPS) is 31.2. The molecule has 1 saturated carbocycles. The molecule has 3 unspecified atom stereocenters. The largest absolute Gasteiger partial charge is 0.381 e. The van der Waals surface area contributed by atoms with Crippen LogP contribution >= 0.6 is 0 Å². The third kappa shape index (κ3) is 3.44. The summed E-state index contributed by atoms with van der Waals surface area (Å²) in [4.78, 5) is 9.67. The number of methoxy groups -OCH3 is 1. The Morgan fingerprint density at radius 3 is 2.83 bits per heavy atom. The number of nitrogens with zero attached hydrogens (tertiary/aromatic N) is 3. The van der Waals surface area contributed by atoms with Crippen molar-refractivity contribution < 1.29 is 9.47 Å². The van der Waals surface area contributed by atoms with Crippen molar-refractivity contribution >= 4 is 5.82 Å². The molecule has 4 rings (SSSR count). The van der Waals surface area contributed by atoms with Gasteiger partial charge in [0.1, 0.15) is 5.82 Å². The number of fused-ring (bicyclic) bond motifs is 1. The van der Waals surface area contributed by atoms with Gasteiger partial charge in [0.2, 0.25) is 0 Å². The number of rotatable bonds is 4. The Hall–Kier alpha value is -1.17. The highest BCUT2D eigenvalue weighted by Gasteiger charge is 2.37. The van der Waals surface area contributed by atoms with E-state index >= 15 is 0 Å². The molecule has 0 bridgehead atoms. The first-order valence-electron chi connectivity index (χ1n) is 9.42. The first kappa shape index (κ1) is 16.3. The van der Waals surface area contributed by atoms with Crippen molar-refractivity contribution in [1.82, 2.24) is 9.88 Å². The SMILES string of the molecule is COC1CCC2OCCN(Cc3ccc(N4CCCC4)nc3)C2C1. The Labute approximate surface area is 144 Å². The van der Waals surface area contributed by atoms with Gasteiger partial charge in [-0.3, -0.25) is 4.90 Å². The molecule has 3 fully saturated rings. The minimum atomic E-state index is 0.377. The van der Waals surface area contributed by atoms with E-state index in [1.165, 1.54) is 18.4 Å². The van der Waals surface area contributed by atoms with Crippen molar-refractivity contribution in [2.75, 3.05) is 38.3 Å². The third-order valence-electron chi connectivity index (χ3n) is 5.84. The van der Waals surface area contributed by atoms with Crippen LogP contribution in [-0.4, -0.2) is 61.5 Å². The molecule has 5 heteroatoms. The summed E-state index contributed by atoms with van der Waals surface area (Å²) < 4.78 is 11.6. The summed E-state index contributed by atoms with van der Waals surface area (Å²) in [6, 6.07) is 4.93. The van der Waals surface area contributed by atoms with Gasteiger partial charge in [-0.15, -0.1) is 0 Å². The average Bonchev–Trinajstić information content (AvgIpc) is 3.17. The standard InChI is InChI=1S/C19H29N3O2/c1-23-16-5-6-18-17(12-16)22(10-11-24-18)14-15-4-7-19(20-13-15)21-8-2-3-9-21/h4,7,13,16-18H,2-3,5-6,8-12,14H2,1H3. The summed E-state index contributed by atoms with van der Waals surface area (Å²) in [5, 5.41) is 0. The van der Waals surface area contributed by atoms with Crippen LogP contribution in [0, 0.1) is 0 Å². The molecule has 5 nitrogen and oxygen atoms in total. The van der Waals surface area contributed by atoms with E-state index < -0.39 is 0 Å². The van der Waals surface area contributed by atoms with E-state index in [4.69, 9.17) is 14.5 Å². The van der Waals surface area contributed by atoms with Gasteiger partial charge in [0.25, 0.3) is 0 Å². The Kier molecular flexibility index (Phi) is 5.01. The number of hydrogen-bond donors (Lipinski definition) is 0. The van der Waals surface area contributed by atoms with Crippen molar-refractivity contribution in [2.45, 2.75) is 56.9 Å². The zero-order valence-corrected chi connectivity index (χ0v) is 14.7. The van der Waals surface area contributed by atoms with Gasteiger partial charge in [0.15, 0.2) is 0 Å². The van der Waals surface area contributed by atoms with Crippen LogP contribution in [0.2, 0.25) is 0 Å². The highest BCUT2D eigenvalue weighted by atomic mass is 16.5. The fourth-order valence-electron chi connectivity index (χ4n) is 4.44. The van der Waals surface area contributed by atoms with Crippen LogP contribution in [0.25, 0.3) is 0 Å². The Morgan fingerprint density at radius 2 is 2.08 bits per heavy atom. The summed E-state index contributed by atoms with van der Waals surface area (Å²) in [5.41, 5.74) is 1.30. The highest BCUT2D eigenvalue weighted by Crippen LogP contribution is 2.31. The monoisotopic (exact) mass is 331 g/mol. The van der Waals surface area contributed by atoms with E-state index in [0.717, 1.165) is 57.9 Å². The topological polar surface area (TPSA) is 37.8 Å². The second-order valence-corrected chi connectivity index (χ2v) is 7.34. The van der Waals surface area contributed by atoms with E-state index in [-0.39, 0.29) is 0 Å². The minimum Gasteiger partial charge on any atom is -0.381 e. The van der Waals surface area contributed by atoms with Crippen molar-refractivity contribution in [1.29, 1.82) is 0 Å². The first-order valence-corrected chi connectivity index (χ1v) is 9.42. The smallest absolute Gasteiger partial charge is 0.128 e. The predicted molar refractivity (Wildman–Crippen MR) is 94.3 cm³/mol. The molecule has 1 aromatic rings. The van der Waals surface area contributed by atoms with E-state index in [9.17, 15) is 0 Å². The van der Waals surface area contributed by atoms with Gasteiger partial charge in [-0.05, 0) is 43.7 Å². The second-order valence-electron chi connectivity index (χ2n) is 7.34. The van der Waals surface area contributed by atoms with Crippen LogP contribution in [0.5, 0.6) is 0 Å². The maximum atomic E-state index is 6.01. The third-order valence-corrected chi connectivity index (χ3v) is 5.84. The lowest BCUT2D eigenvalue weighted by Crippen LogP contribution is -2.54. The van der Waals surface area contributed by atoms with Gasteiger partial charge in [-0.1, -0.05) is 6.07 Å². The zero-order valence-electron chi connectivity index (χ0n) is 14.7. The van der Waals surface area contributed by atoms with E-state index in [0.29, 0.717) is 18.2 Å². The Morgan fingerprint density at radius 1 is 1.21 bits per heavy atom. The molecule has 0 aromatic carbocycles. The first-order chi connectivity index (χ1) is 11.8. The van der Waals surface area contributed by atoms with Gasteiger partial charge in [-0.25, -0.2) is 4.98 Å². The lowest BCUT2D eigenvalue weighted by atomic mass is 9.87. The summed E-state index contributed by atoms with van der Waals surface area (Å²) >= 11 is 0. The molecule has 2 aliphatic heterocycles. The molecule has 3 aliphatic rings. The van der Waals surface area contributed by atoms with E-state index in [2.05, 4.69) is 28.1 Å². The Bertz CT molecular complexity index is 530. The number of morpholine rings is 1. The van der Waals surface area contributed by atoms with Crippen molar-refractivity contribution in [3.8, 4) is 0 Å². The van der Waals surface area contributed by atoms with Crippen LogP contribution in [0.4, 0.5) is 5.82 Å². The summed E-state index contributed by atoms with van der Waals surface area (Å²) in [6.07, 6.45) is 8.73. The summed E-state index contributed by atoms with van der Waals surface area (Å²) in [7, 11) is 1.83. The van der Waals surface area contributed by atoms with Crippen LogP contribution in [-0.2, 0) is 16.0 Å². The summed E-state index contributed by atoms with van der Waals surface area (Å²) in [5.74, 6) is 1.13. The fourth-order valence-corrected chi connectivity index (χ4v) is 4.44. The molecule has 132 valence electrons. The highest BCUT2D eigenvalue weighted by molar-refractivity contribution is 5.40. The molecule has 1 aliphatic carbocycles. The van der Waals surface area contributed by atoms with Crippen LogP contribution in [0.3, 0.4) is 0 Å². The number of aromatic nitrogens is 1. The minimum absolute atomic E-state index is 0.377. The molecule has 0 spiro atoms. The molecule has 24 heavy (non-hydrogen) atoms. The zero-order chi connectivity index (χ0) is 16.4. The molecule has 1 aromatic heterocycles. The van der Waals surface area contributed by atoms with Gasteiger partial charge < -0.3 is 14.4 Å². The molecule has 3 heterocycles. The lowest BCUT2D eigenvalue weighted by Gasteiger charge is -2.45. The van der Waals surface area contributed by atoms with Gasteiger partial charge in [0.05, 0.1) is 18.8 Å². The fraction of sp³-hybridized carbons (Fsp3) is 0.737.